The molecule has 1 aromatic heterocycles. The first kappa shape index (κ1) is 15.0. The third kappa shape index (κ3) is 3.59. The number of hydrogen-bond donors (Lipinski definition) is 3. The number of fused-ring (bicyclic) bond motifs is 1. The Morgan fingerprint density at radius 1 is 1.14 bits per heavy atom. The van der Waals surface area contributed by atoms with Crippen LogP contribution in [0.1, 0.15) is 9.67 Å². The number of hydrazine groups is 1. The van der Waals surface area contributed by atoms with Crippen molar-refractivity contribution in [2.45, 2.75) is 0 Å². The Kier molecular flexibility index (Phi) is 4.56. The first-order chi connectivity index (χ1) is 9.99. The summed E-state index contributed by atoms with van der Waals surface area (Å²) in [5.74, 6) is -2.59. The van der Waals surface area contributed by atoms with Crippen LogP contribution in [0.2, 0.25) is 5.02 Å². The summed E-state index contributed by atoms with van der Waals surface area (Å²) in [6, 6.07) is 7.26. The molecule has 1 heterocycles. The third-order valence-corrected chi connectivity index (χ3v) is 4.09. The lowest BCUT2D eigenvalue weighted by Crippen LogP contribution is -2.40. The number of nitrogens with one attached hydrogen (secondary N) is 2. The molecule has 0 bridgehead atoms. The first-order valence-corrected chi connectivity index (χ1v) is 6.87. The molecule has 0 aliphatic rings. The van der Waals surface area contributed by atoms with Crippen LogP contribution in [0, 0.1) is 0 Å². The molecule has 108 valence electrons. The van der Waals surface area contributed by atoms with E-state index in [9.17, 15) is 14.4 Å². The highest BCUT2D eigenvalue weighted by atomic mass is 35.5. The van der Waals surface area contributed by atoms with Crippen LogP contribution >= 0.6 is 22.9 Å². The number of halogens is 1. The highest BCUT2D eigenvalue weighted by Gasteiger charge is 2.16. The predicted octanol–water partition coefficient (Wildman–Crippen LogP) is 1.96. The van der Waals surface area contributed by atoms with Crippen molar-refractivity contribution < 1.29 is 19.5 Å². The smallest absolute Gasteiger partial charge is 0.328 e. The molecule has 0 unspecified atom stereocenters. The SMILES string of the molecule is O=C(O)/C=C/C(=O)NNC(=O)c1sc2ccccc2c1Cl. The van der Waals surface area contributed by atoms with Gasteiger partial charge in [0.25, 0.3) is 11.8 Å². The normalized spacial score (nSPS) is 10.7. The van der Waals surface area contributed by atoms with Gasteiger partial charge in [0.15, 0.2) is 0 Å². The molecule has 0 saturated carbocycles. The minimum absolute atomic E-state index is 0.264. The maximum absolute atomic E-state index is 11.9. The van der Waals surface area contributed by atoms with E-state index in [1.807, 2.05) is 12.1 Å². The summed E-state index contributed by atoms with van der Waals surface area (Å²) in [6.45, 7) is 0. The van der Waals surface area contributed by atoms with Gasteiger partial charge >= 0.3 is 5.97 Å². The topological polar surface area (TPSA) is 95.5 Å². The molecule has 0 saturated heterocycles. The zero-order valence-electron chi connectivity index (χ0n) is 10.4. The molecule has 0 spiro atoms. The maximum Gasteiger partial charge on any atom is 0.328 e. The molecular weight excluding hydrogens is 316 g/mol. The Labute approximate surface area is 128 Å². The highest BCUT2D eigenvalue weighted by molar-refractivity contribution is 7.21. The lowest BCUT2D eigenvalue weighted by Gasteiger charge is -2.03. The highest BCUT2D eigenvalue weighted by Crippen LogP contribution is 2.34. The summed E-state index contributed by atoms with van der Waals surface area (Å²) >= 11 is 7.31. The summed E-state index contributed by atoms with van der Waals surface area (Å²) in [6.07, 6.45) is 1.45. The number of hydrogen-bond acceptors (Lipinski definition) is 4. The molecule has 0 atom stereocenters. The Morgan fingerprint density at radius 3 is 2.52 bits per heavy atom. The number of amides is 2. The molecular formula is C13H9ClN2O4S. The quantitative estimate of drug-likeness (QED) is 0.594. The van der Waals surface area contributed by atoms with Crippen molar-refractivity contribution in [3.8, 4) is 0 Å². The molecule has 8 heteroatoms. The van der Waals surface area contributed by atoms with Crippen molar-refractivity contribution >= 4 is 50.8 Å². The van der Waals surface area contributed by atoms with Crippen molar-refractivity contribution in [1.82, 2.24) is 10.9 Å². The summed E-state index contributed by atoms with van der Waals surface area (Å²) < 4.78 is 0.852. The third-order valence-electron chi connectivity index (χ3n) is 2.42. The van der Waals surface area contributed by atoms with E-state index in [4.69, 9.17) is 16.7 Å². The van der Waals surface area contributed by atoms with Crippen molar-refractivity contribution in [3.05, 3.63) is 46.3 Å². The van der Waals surface area contributed by atoms with Gasteiger partial charge in [-0.2, -0.15) is 0 Å². The van der Waals surface area contributed by atoms with Gasteiger partial charge < -0.3 is 5.11 Å². The number of carboxylic acids is 1. The van der Waals surface area contributed by atoms with Gasteiger partial charge in [-0.05, 0) is 6.07 Å². The Morgan fingerprint density at radius 2 is 1.86 bits per heavy atom. The Bertz CT molecular complexity index is 754. The monoisotopic (exact) mass is 324 g/mol. The second-order valence-electron chi connectivity index (χ2n) is 3.86. The van der Waals surface area contributed by atoms with Crippen molar-refractivity contribution in [2.75, 3.05) is 0 Å². The molecule has 0 radical (unpaired) electrons. The van der Waals surface area contributed by atoms with Crippen LogP contribution in [0.25, 0.3) is 10.1 Å². The van der Waals surface area contributed by atoms with E-state index in [1.165, 1.54) is 11.3 Å². The lowest BCUT2D eigenvalue weighted by atomic mass is 10.2. The van der Waals surface area contributed by atoms with Gasteiger partial charge in [0.2, 0.25) is 0 Å². The molecule has 1 aromatic carbocycles. The second-order valence-corrected chi connectivity index (χ2v) is 5.29. The number of thiophene rings is 1. The largest absolute Gasteiger partial charge is 0.478 e. The predicted molar refractivity (Wildman–Crippen MR) is 79.2 cm³/mol. The zero-order chi connectivity index (χ0) is 15.4. The maximum atomic E-state index is 11.9. The Hall–Kier alpha value is -2.38. The standard InChI is InChI=1S/C13H9ClN2O4S/c14-11-7-3-1-2-4-8(7)21-12(11)13(20)16-15-9(17)5-6-10(18)19/h1-6H,(H,15,17)(H,16,20)(H,18,19)/b6-5+. The van der Waals surface area contributed by atoms with E-state index in [2.05, 4.69) is 10.9 Å². The van der Waals surface area contributed by atoms with Crippen LogP contribution in [-0.4, -0.2) is 22.9 Å². The average molecular weight is 325 g/mol. The number of aliphatic carboxylic acids is 1. The number of carbonyl (C=O) groups is 3. The number of benzene rings is 1. The summed E-state index contributed by atoms with van der Waals surface area (Å²) in [5.41, 5.74) is 4.23. The Balaban J connectivity index is 2.07. The van der Waals surface area contributed by atoms with E-state index in [0.717, 1.165) is 16.2 Å². The number of carbonyl (C=O) groups excluding carboxylic acids is 2. The van der Waals surface area contributed by atoms with Crippen LogP contribution in [0.15, 0.2) is 36.4 Å². The van der Waals surface area contributed by atoms with Gasteiger partial charge in [0.05, 0.1) is 5.02 Å². The molecule has 0 fully saturated rings. The molecule has 2 amide bonds. The van der Waals surface area contributed by atoms with Crippen LogP contribution in [0.4, 0.5) is 0 Å². The van der Waals surface area contributed by atoms with Crippen LogP contribution in [0.5, 0.6) is 0 Å². The van der Waals surface area contributed by atoms with Crippen LogP contribution in [-0.2, 0) is 9.59 Å². The molecule has 21 heavy (non-hydrogen) atoms. The van der Waals surface area contributed by atoms with Crippen molar-refractivity contribution in [2.24, 2.45) is 0 Å². The van der Waals surface area contributed by atoms with E-state index < -0.39 is 17.8 Å². The van der Waals surface area contributed by atoms with E-state index >= 15 is 0 Å². The second kappa shape index (κ2) is 6.38. The lowest BCUT2D eigenvalue weighted by molar-refractivity contribution is -0.131. The van der Waals surface area contributed by atoms with Gasteiger partial charge in [-0.15, -0.1) is 11.3 Å². The molecule has 2 rings (SSSR count). The van der Waals surface area contributed by atoms with Crippen molar-refractivity contribution in [3.63, 3.8) is 0 Å². The van der Waals surface area contributed by atoms with Crippen LogP contribution < -0.4 is 10.9 Å². The van der Waals surface area contributed by atoms with Gasteiger partial charge in [-0.25, -0.2) is 4.79 Å². The summed E-state index contributed by atoms with van der Waals surface area (Å²) in [7, 11) is 0. The minimum atomic E-state index is -1.26. The minimum Gasteiger partial charge on any atom is -0.478 e. The molecule has 0 aliphatic carbocycles. The molecule has 2 aromatic rings. The van der Waals surface area contributed by atoms with Gasteiger partial charge in [-0.3, -0.25) is 20.4 Å². The molecule has 0 aliphatic heterocycles. The molecule has 3 N–H and O–H groups in total. The van der Waals surface area contributed by atoms with E-state index in [0.29, 0.717) is 11.1 Å². The number of carboxylic acid groups (broad SMARTS) is 1. The fourth-order valence-electron chi connectivity index (χ4n) is 1.52. The zero-order valence-corrected chi connectivity index (χ0v) is 12.0. The summed E-state index contributed by atoms with van der Waals surface area (Å²) in [4.78, 5) is 33.7. The van der Waals surface area contributed by atoms with Crippen LogP contribution in [0.3, 0.4) is 0 Å². The first-order valence-electron chi connectivity index (χ1n) is 5.67. The van der Waals surface area contributed by atoms with Gasteiger partial charge in [-0.1, -0.05) is 29.8 Å². The average Bonchev–Trinajstić information content (AvgIpc) is 2.80. The van der Waals surface area contributed by atoms with Gasteiger partial charge in [0, 0.05) is 22.2 Å². The number of rotatable bonds is 3. The fourth-order valence-corrected chi connectivity index (χ4v) is 2.94. The van der Waals surface area contributed by atoms with E-state index in [-0.39, 0.29) is 4.88 Å². The van der Waals surface area contributed by atoms with Gasteiger partial charge in [0.1, 0.15) is 4.88 Å². The summed E-state index contributed by atoms with van der Waals surface area (Å²) in [5, 5.41) is 9.43. The molecule has 6 nitrogen and oxygen atoms in total. The fraction of sp³-hybridized carbons (Fsp3) is 0. The van der Waals surface area contributed by atoms with Crippen molar-refractivity contribution in [1.29, 1.82) is 0 Å². The van der Waals surface area contributed by atoms with E-state index in [1.54, 1.807) is 12.1 Å².